The van der Waals surface area contributed by atoms with E-state index in [0.717, 1.165) is 5.56 Å². The number of amides is 1. The third-order valence-corrected chi connectivity index (χ3v) is 3.75. The normalized spacial score (nSPS) is 11.9. The van der Waals surface area contributed by atoms with Gasteiger partial charge in [0, 0.05) is 23.9 Å². The molecule has 24 heavy (non-hydrogen) atoms. The van der Waals surface area contributed by atoms with Crippen LogP contribution in [-0.4, -0.2) is 16.1 Å². The van der Waals surface area contributed by atoms with Gasteiger partial charge in [-0.15, -0.1) is 10.2 Å². The fourth-order valence-corrected chi connectivity index (χ4v) is 2.56. The van der Waals surface area contributed by atoms with Crippen molar-refractivity contribution in [2.45, 2.75) is 19.4 Å². The van der Waals surface area contributed by atoms with Crippen molar-refractivity contribution in [1.29, 1.82) is 0 Å². The van der Waals surface area contributed by atoms with E-state index in [1.54, 1.807) is 31.2 Å². The minimum atomic E-state index is -0.417. The molecule has 0 fully saturated rings. The largest absolute Gasteiger partial charge is 0.423 e. The second kappa shape index (κ2) is 7.27. The summed E-state index contributed by atoms with van der Waals surface area (Å²) in [5.74, 6) is 0.598. The number of nitrogens with zero attached hydrogens (tertiary/aromatic N) is 2. The van der Waals surface area contributed by atoms with Crippen molar-refractivity contribution in [1.82, 2.24) is 15.5 Å². The van der Waals surface area contributed by atoms with Crippen LogP contribution in [0.15, 0.2) is 59.0 Å². The van der Waals surface area contributed by atoms with E-state index in [1.807, 2.05) is 30.3 Å². The van der Waals surface area contributed by atoms with Crippen LogP contribution in [0.1, 0.15) is 33.7 Å². The highest BCUT2D eigenvalue weighted by atomic mass is 35.5. The van der Waals surface area contributed by atoms with Crippen molar-refractivity contribution < 1.29 is 9.21 Å². The van der Waals surface area contributed by atoms with E-state index in [0.29, 0.717) is 28.8 Å². The van der Waals surface area contributed by atoms with Crippen LogP contribution in [0, 0.1) is 6.92 Å². The Morgan fingerprint density at radius 2 is 1.96 bits per heavy atom. The standard InChI is InChI=1S/C18H16ClN3O2/c1-12-21-22-18(24-12)16(10-13-6-3-2-4-7-13)20-17(23)14-8-5-9-15(19)11-14/h2-9,11,16H,10H2,1H3,(H,20,23). The summed E-state index contributed by atoms with van der Waals surface area (Å²) >= 11 is 5.95. The Hall–Kier alpha value is -2.66. The van der Waals surface area contributed by atoms with Crippen molar-refractivity contribution in [3.8, 4) is 0 Å². The zero-order chi connectivity index (χ0) is 16.9. The fourth-order valence-electron chi connectivity index (χ4n) is 2.37. The van der Waals surface area contributed by atoms with Crippen LogP contribution < -0.4 is 5.32 Å². The van der Waals surface area contributed by atoms with E-state index in [9.17, 15) is 4.79 Å². The summed E-state index contributed by atoms with van der Waals surface area (Å²) < 4.78 is 5.52. The zero-order valence-corrected chi connectivity index (χ0v) is 13.8. The van der Waals surface area contributed by atoms with Crippen LogP contribution in [0.25, 0.3) is 0 Å². The summed E-state index contributed by atoms with van der Waals surface area (Å²) in [5, 5.41) is 11.4. The van der Waals surface area contributed by atoms with Gasteiger partial charge in [0.25, 0.3) is 5.91 Å². The molecule has 0 aliphatic heterocycles. The molecule has 1 amide bonds. The Labute approximate surface area is 144 Å². The lowest BCUT2D eigenvalue weighted by molar-refractivity contribution is 0.0929. The number of rotatable bonds is 5. The van der Waals surface area contributed by atoms with Gasteiger partial charge >= 0.3 is 0 Å². The summed E-state index contributed by atoms with van der Waals surface area (Å²) in [6, 6.07) is 16.2. The first kappa shape index (κ1) is 16.2. The molecule has 3 aromatic rings. The highest BCUT2D eigenvalue weighted by Crippen LogP contribution is 2.19. The Morgan fingerprint density at radius 1 is 1.17 bits per heavy atom. The quantitative estimate of drug-likeness (QED) is 0.767. The number of aryl methyl sites for hydroxylation is 1. The molecule has 2 aromatic carbocycles. The average molecular weight is 342 g/mol. The van der Waals surface area contributed by atoms with Crippen LogP contribution in [0.5, 0.6) is 0 Å². The minimum Gasteiger partial charge on any atom is -0.423 e. The molecule has 1 aromatic heterocycles. The molecule has 0 saturated heterocycles. The maximum Gasteiger partial charge on any atom is 0.251 e. The SMILES string of the molecule is Cc1nnc(C(Cc2ccccc2)NC(=O)c2cccc(Cl)c2)o1. The molecule has 1 N–H and O–H groups in total. The van der Waals surface area contributed by atoms with Gasteiger partial charge in [-0.2, -0.15) is 0 Å². The van der Waals surface area contributed by atoms with Crippen molar-refractivity contribution in [3.63, 3.8) is 0 Å². The van der Waals surface area contributed by atoms with E-state index < -0.39 is 6.04 Å². The van der Waals surface area contributed by atoms with Crippen LogP contribution >= 0.6 is 11.6 Å². The summed E-state index contributed by atoms with van der Waals surface area (Å²) in [5.41, 5.74) is 1.54. The topological polar surface area (TPSA) is 68.0 Å². The number of hydrogen-bond donors (Lipinski definition) is 1. The number of carbonyl (C=O) groups excluding carboxylic acids is 1. The molecule has 0 bridgehead atoms. The van der Waals surface area contributed by atoms with Crippen LogP contribution in [0.4, 0.5) is 0 Å². The van der Waals surface area contributed by atoms with Gasteiger partial charge in [-0.3, -0.25) is 4.79 Å². The maximum absolute atomic E-state index is 12.5. The van der Waals surface area contributed by atoms with Crippen molar-refractivity contribution in [2.24, 2.45) is 0 Å². The van der Waals surface area contributed by atoms with Gasteiger partial charge in [-0.05, 0) is 23.8 Å². The molecular formula is C18H16ClN3O2. The predicted octanol–water partition coefficient (Wildman–Crippen LogP) is 3.75. The Kier molecular flexibility index (Phi) is 4.91. The van der Waals surface area contributed by atoms with E-state index in [4.69, 9.17) is 16.0 Å². The molecule has 1 heterocycles. The molecule has 1 atom stereocenters. The Balaban J connectivity index is 1.83. The molecule has 0 saturated carbocycles. The molecule has 122 valence electrons. The van der Waals surface area contributed by atoms with Crippen LogP contribution in [0.3, 0.4) is 0 Å². The third kappa shape index (κ3) is 4.00. The van der Waals surface area contributed by atoms with Gasteiger partial charge in [-0.25, -0.2) is 0 Å². The lowest BCUT2D eigenvalue weighted by Crippen LogP contribution is -2.30. The van der Waals surface area contributed by atoms with Gasteiger partial charge in [-0.1, -0.05) is 48.0 Å². The van der Waals surface area contributed by atoms with E-state index in [2.05, 4.69) is 15.5 Å². The highest BCUT2D eigenvalue weighted by Gasteiger charge is 2.21. The van der Waals surface area contributed by atoms with Crippen molar-refractivity contribution >= 4 is 17.5 Å². The lowest BCUT2D eigenvalue weighted by Gasteiger charge is -2.15. The fraction of sp³-hybridized carbons (Fsp3) is 0.167. The second-order valence-electron chi connectivity index (χ2n) is 5.39. The molecule has 0 radical (unpaired) electrons. The van der Waals surface area contributed by atoms with E-state index in [1.165, 1.54) is 0 Å². The average Bonchev–Trinajstić information content (AvgIpc) is 3.01. The van der Waals surface area contributed by atoms with Gasteiger partial charge in [0.1, 0.15) is 6.04 Å². The Morgan fingerprint density at radius 3 is 2.62 bits per heavy atom. The number of halogens is 1. The Bertz CT molecular complexity index is 833. The molecule has 0 aliphatic carbocycles. The van der Waals surface area contributed by atoms with Crippen LogP contribution in [0.2, 0.25) is 5.02 Å². The predicted molar refractivity (Wildman–Crippen MR) is 90.8 cm³/mol. The smallest absolute Gasteiger partial charge is 0.251 e. The summed E-state index contributed by atoms with van der Waals surface area (Å²) in [6.07, 6.45) is 0.550. The number of aromatic nitrogens is 2. The maximum atomic E-state index is 12.5. The summed E-state index contributed by atoms with van der Waals surface area (Å²) in [7, 11) is 0. The van der Waals surface area contributed by atoms with Gasteiger partial charge < -0.3 is 9.73 Å². The zero-order valence-electron chi connectivity index (χ0n) is 13.1. The molecule has 0 spiro atoms. The highest BCUT2D eigenvalue weighted by molar-refractivity contribution is 6.30. The van der Waals surface area contributed by atoms with E-state index in [-0.39, 0.29) is 5.91 Å². The van der Waals surface area contributed by atoms with E-state index >= 15 is 0 Å². The summed E-state index contributed by atoms with van der Waals surface area (Å²) in [6.45, 7) is 1.72. The third-order valence-electron chi connectivity index (χ3n) is 3.51. The minimum absolute atomic E-state index is 0.241. The van der Waals surface area contributed by atoms with Gasteiger partial charge in [0.15, 0.2) is 0 Å². The lowest BCUT2D eigenvalue weighted by atomic mass is 10.1. The molecule has 5 nitrogen and oxygen atoms in total. The molecule has 1 unspecified atom stereocenters. The van der Waals surface area contributed by atoms with Gasteiger partial charge in [0.2, 0.25) is 11.8 Å². The first-order valence-electron chi connectivity index (χ1n) is 7.52. The first-order chi connectivity index (χ1) is 11.6. The molecular weight excluding hydrogens is 326 g/mol. The molecule has 3 rings (SSSR count). The molecule has 0 aliphatic rings. The first-order valence-corrected chi connectivity index (χ1v) is 7.90. The monoisotopic (exact) mass is 341 g/mol. The molecule has 6 heteroatoms. The second-order valence-corrected chi connectivity index (χ2v) is 5.82. The van der Waals surface area contributed by atoms with Crippen molar-refractivity contribution in [2.75, 3.05) is 0 Å². The number of hydrogen-bond acceptors (Lipinski definition) is 4. The number of nitrogens with one attached hydrogen (secondary N) is 1. The summed E-state index contributed by atoms with van der Waals surface area (Å²) in [4.78, 5) is 12.5. The van der Waals surface area contributed by atoms with Crippen LogP contribution in [-0.2, 0) is 6.42 Å². The van der Waals surface area contributed by atoms with Gasteiger partial charge in [0.05, 0.1) is 0 Å². The number of benzene rings is 2. The van der Waals surface area contributed by atoms with Crippen molar-refractivity contribution in [3.05, 3.63) is 82.5 Å². The number of carbonyl (C=O) groups is 1.